The molecule has 1 heterocycles. The third-order valence-corrected chi connectivity index (χ3v) is 5.81. The third-order valence-electron chi connectivity index (χ3n) is 5.81. The Morgan fingerprint density at radius 1 is 0.833 bits per heavy atom. The molecule has 7 heteroatoms. The van der Waals surface area contributed by atoms with Crippen molar-refractivity contribution in [1.82, 2.24) is 0 Å². The van der Waals surface area contributed by atoms with Gasteiger partial charge in [0.25, 0.3) is 0 Å². The van der Waals surface area contributed by atoms with Gasteiger partial charge in [-0.3, -0.25) is 4.79 Å². The molecule has 1 aliphatic rings. The molecule has 1 aliphatic heterocycles. The Hall–Kier alpha value is -0.730. The summed E-state index contributed by atoms with van der Waals surface area (Å²) in [5.74, 6) is -0.442. The van der Waals surface area contributed by atoms with E-state index in [1.54, 1.807) is 0 Å². The third kappa shape index (κ3) is 10.5. The van der Waals surface area contributed by atoms with Gasteiger partial charge in [-0.2, -0.15) is 0 Å². The summed E-state index contributed by atoms with van der Waals surface area (Å²) in [5.41, 5.74) is 0. The van der Waals surface area contributed by atoms with E-state index >= 15 is 0 Å². The van der Waals surface area contributed by atoms with Crippen molar-refractivity contribution < 1.29 is 34.3 Å². The van der Waals surface area contributed by atoms with Gasteiger partial charge in [-0.05, 0) is 6.42 Å². The average Bonchev–Trinajstić information content (AvgIpc) is 2.75. The van der Waals surface area contributed by atoms with Crippen molar-refractivity contribution >= 4 is 5.97 Å². The molecular weight excluding hydrogens is 388 g/mol. The fourth-order valence-electron chi connectivity index (χ4n) is 3.87. The van der Waals surface area contributed by atoms with Gasteiger partial charge < -0.3 is 29.5 Å². The molecule has 0 bridgehead atoms. The fourth-order valence-corrected chi connectivity index (χ4v) is 3.87. The average molecular weight is 433 g/mol. The van der Waals surface area contributed by atoms with E-state index in [4.69, 9.17) is 14.2 Å². The van der Waals surface area contributed by atoms with Crippen molar-refractivity contribution in [2.45, 2.75) is 128 Å². The van der Waals surface area contributed by atoms with Gasteiger partial charge in [0.2, 0.25) is 0 Å². The van der Waals surface area contributed by atoms with Gasteiger partial charge in [-0.25, -0.2) is 0 Å². The lowest BCUT2D eigenvalue weighted by Crippen LogP contribution is -2.60. The van der Waals surface area contributed by atoms with Crippen LogP contribution in [0.4, 0.5) is 0 Å². The maximum atomic E-state index is 12.1. The van der Waals surface area contributed by atoms with E-state index in [0.29, 0.717) is 0 Å². The summed E-state index contributed by atoms with van der Waals surface area (Å²) < 4.78 is 15.7. The summed E-state index contributed by atoms with van der Waals surface area (Å²) in [4.78, 5) is 12.1. The first kappa shape index (κ1) is 27.3. The Bertz CT molecular complexity index is 430. The largest absolute Gasteiger partial charge is 0.454 e. The van der Waals surface area contributed by atoms with Crippen LogP contribution in [-0.2, 0) is 19.0 Å². The summed E-state index contributed by atoms with van der Waals surface area (Å²) in [6, 6.07) is 0. The number of unbranched alkanes of at least 4 members (excludes halogenated alkanes) is 12. The summed E-state index contributed by atoms with van der Waals surface area (Å²) in [6.45, 7) is 1.78. The summed E-state index contributed by atoms with van der Waals surface area (Å²) in [7, 11) is 1.36. The topological polar surface area (TPSA) is 105 Å². The number of carbonyl (C=O) groups excluding carboxylic acids is 1. The quantitative estimate of drug-likeness (QED) is 0.239. The Balaban J connectivity index is 2.06. The minimum Gasteiger partial charge on any atom is -0.454 e. The number of aliphatic hydroxyl groups excluding tert-OH is 3. The van der Waals surface area contributed by atoms with E-state index < -0.39 is 43.3 Å². The van der Waals surface area contributed by atoms with E-state index in [0.717, 1.165) is 19.3 Å². The number of ether oxygens (including phenoxy) is 3. The molecule has 7 nitrogen and oxygen atoms in total. The van der Waals surface area contributed by atoms with E-state index in [-0.39, 0.29) is 6.42 Å². The van der Waals surface area contributed by atoms with Crippen LogP contribution in [0.1, 0.15) is 96.8 Å². The Morgan fingerprint density at radius 3 is 1.80 bits per heavy atom. The highest BCUT2D eigenvalue weighted by Crippen LogP contribution is 2.24. The van der Waals surface area contributed by atoms with Crippen LogP contribution in [0.25, 0.3) is 0 Å². The highest BCUT2D eigenvalue weighted by Gasteiger charge is 2.46. The molecule has 0 spiro atoms. The molecule has 0 saturated carbocycles. The van der Waals surface area contributed by atoms with E-state index in [1.165, 1.54) is 71.3 Å². The molecule has 0 radical (unpaired) electrons. The van der Waals surface area contributed by atoms with Gasteiger partial charge in [0, 0.05) is 13.5 Å². The molecule has 1 rings (SSSR count). The van der Waals surface area contributed by atoms with Gasteiger partial charge >= 0.3 is 5.97 Å². The number of carbonyl (C=O) groups is 1. The van der Waals surface area contributed by atoms with Crippen molar-refractivity contribution in [2.75, 3.05) is 13.7 Å². The minimum atomic E-state index is -1.36. The second-order valence-corrected chi connectivity index (χ2v) is 8.39. The molecule has 5 atom stereocenters. The molecule has 178 valence electrons. The van der Waals surface area contributed by atoms with E-state index in [2.05, 4.69) is 6.92 Å². The highest BCUT2D eigenvalue weighted by atomic mass is 16.7. The van der Waals surface area contributed by atoms with E-state index in [9.17, 15) is 20.1 Å². The van der Waals surface area contributed by atoms with Gasteiger partial charge in [0.05, 0.1) is 6.61 Å². The van der Waals surface area contributed by atoms with Crippen LogP contribution in [0.5, 0.6) is 0 Å². The first-order chi connectivity index (χ1) is 14.5. The monoisotopic (exact) mass is 432 g/mol. The van der Waals surface area contributed by atoms with Crippen molar-refractivity contribution in [3.8, 4) is 0 Å². The number of hydrogen-bond donors (Lipinski definition) is 3. The van der Waals surface area contributed by atoms with Gasteiger partial charge in [-0.1, -0.05) is 84.0 Å². The van der Waals surface area contributed by atoms with Gasteiger partial charge in [-0.15, -0.1) is 0 Å². The van der Waals surface area contributed by atoms with Crippen molar-refractivity contribution in [3.05, 3.63) is 0 Å². The lowest BCUT2D eigenvalue weighted by Gasteiger charge is -2.40. The van der Waals surface area contributed by atoms with Crippen LogP contribution in [0, 0.1) is 0 Å². The van der Waals surface area contributed by atoms with Gasteiger partial charge in [0.1, 0.15) is 18.3 Å². The maximum absolute atomic E-state index is 12.1. The summed E-state index contributed by atoms with van der Waals surface area (Å²) in [6.07, 6.45) is 10.5. The zero-order valence-electron chi connectivity index (χ0n) is 19.0. The second-order valence-electron chi connectivity index (χ2n) is 8.39. The second kappa shape index (κ2) is 16.9. The molecule has 3 N–H and O–H groups in total. The zero-order chi connectivity index (χ0) is 22.2. The first-order valence-electron chi connectivity index (χ1n) is 11.9. The molecule has 0 aromatic heterocycles. The lowest BCUT2D eigenvalue weighted by molar-refractivity contribution is -0.298. The predicted molar refractivity (Wildman–Crippen MR) is 115 cm³/mol. The molecule has 0 aromatic carbocycles. The van der Waals surface area contributed by atoms with Crippen molar-refractivity contribution in [2.24, 2.45) is 0 Å². The van der Waals surface area contributed by atoms with Crippen molar-refractivity contribution in [1.29, 1.82) is 0 Å². The Kier molecular flexibility index (Phi) is 15.4. The van der Waals surface area contributed by atoms with Crippen LogP contribution in [0.15, 0.2) is 0 Å². The molecule has 1 fully saturated rings. The van der Waals surface area contributed by atoms with Crippen LogP contribution in [-0.4, -0.2) is 65.7 Å². The Morgan fingerprint density at radius 2 is 1.33 bits per heavy atom. The molecule has 0 aromatic rings. The van der Waals surface area contributed by atoms with Gasteiger partial charge in [0.15, 0.2) is 12.4 Å². The molecule has 0 amide bonds. The van der Waals surface area contributed by atoms with Crippen LogP contribution < -0.4 is 0 Å². The smallest absolute Gasteiger partial charge is 0.306 e. The minimum absolute atomic E-state index is 0.261. The SMILES string of the molecule is CCCCCCCCCCCCCCCC(=O)O[C@H]1[C@@H](OC)O[C@H](CO)[C@@H](O)[C@@H]1O. The summed E-state index contributed by atoms with van der Waals surface area (Å²) >= 11 is 0. The molecular formula is C23H44O7. The number of esters is 1. The number of methoxy groups -OCH3 is 1. The number of hydrogen-bond acceptors (Lipinski definition) is 7. The first-order valence-corrected chi connectivity index (χ1v) is 11.9. The fraction of sp³-hybridized carbons (Fsp3) is 0.957. The lowest BCUT2D eigenvalue weighted by atomic mass is 9.99. The van der Waals surface area contributed by atoms with Crippen LogP contribution >= 0.6 is 0 Å². The molecule has 1 saturated heterocycles. The van der Waals surface area contributed by atoms with Crippen molar-refractivity contribution in [3.63, 3.8) is 0 Å². The summed E-state index contributed by atoms with van der Waals surface area (Å²) in [5, 5.41) is 29.3. The standard InChI is InChI=1S/C23H44O7/c1-3-4-5-6-7-8-9-10-11-12-13-14-15-16-19(25)30-22-21(27)20(26)18(17-24)29-23(22)28-2/h18,20-24,26-27H,3-17H2,1-2H3/t18-,20-,21+,22-,23+/m1/s1. The predicted octanol–water partition coefficient (Wildman–Crippen LogP) is 3.46. The number of rotatable bonds is 17. The zero-order valence-corrected chi connectivity index (χ0v) is 19.0. The highest BCUT2D eigenvalue weighted by molar-refractivity contribution is 5.69. The Labute approximate surface area is 182 Å². The number of aliphatic hydroxyl groups is 3. The molecule has 0 unspecified atom stereocenters. The molecule has 30 heavy (non-hydrogen) atoms. The van der Waals surface area contributed by atoms with Crippen LogP contribution in [0.2, 0.25) is 0 Å². The molecule has 0 aliphatic carbocycles. The van der Waals surface area contributed by atoms with E-state index in [1.807, 2.05) is 0 Å². The van der Waals surface area contributed by atoms with Crippen LogP contribution in [0.3, 0.4) is 0 Å². The maximum Gasteiger partial charge on any atom is 0.306 e. The normalized spacial score (nSPS) is 26.6.